The van der Waals surface area contributed by atoms with E-state index < -0.39 is 34.3 Å². The number of nitrogens with zero attached hydrogens (tertiary/aromatic N) is 1. The van der Waals surface area contributed by atoms with Crippen LogP contribution in [0.1, 0.15) is 27.9 Å². The van der Waals surface area contributed by atoms with Crippen LogP contribution in [0.5, 0.6) is 0 Å². The van der Waals surface area contributed by atoms with Gasteiger partial charge < -0.3 is 10.1 Å². The van der Waals surface area contributed by atoms with E-state index in [4.69, 9.17) is 4.74 Å². The average molecular weight is 420 g/mol. The molecule has 2 aromatic carbocycles. The van der Waals surface area contributed by atoms with E-state index in [1.165, 1.54) is 22.5 Å². The van der Waals surface area contributed by atoms with Crippen molar-refractivity contribution in [2.75, 3.05) is 29.0 Å². The van der Waals surface area contributed by atoms with Crippen LogP contribution in [-0.2, 0) is 26.0 Å². The molecule has 1 aliphatic rings. The number of nitrogens with one attached hydrogen (secondary N) is 1. The van der Waals surface area contributed by atoms with E-state index in [9.17, 15) is 22.4 Å². The number of benzene rings is 2. The van der Waals surface area contributed by atoms with Crippen molar-refractivity contribution < 1.29 is 27.1 Å². The monoisotopic (exact) mass is 420 g/mol. The molecule has 3 rings (SSSR count). The minimum Gasteiger partial charge on any atom is -0.452 e. The lowest BCUT2D eigenvalue weighted by Gasteiger charge is -2.29. The number of rotatable bonds is 5. The Morgan fingerprint density at radius 2 is 1.97 bits per heavy atom. The lowest BCUT2D eigenvalue weighted by Crippen LogP contribution is -2.34. The van der Waals surface area contributed by atoms with Crippen molar-refractivity contribution in [1.82, 2.24) is 0 Å². The van der Waals surface area contributed by atoms with Gasteiger partial charge in [0.2, 0.25) is 10.0 Å². The van der Waals surface area contributed by atoms with Crippen LogP contribution in [0.25, 0.3) is 0 Å². The van der Waals surface area contributed by atoms with E-state index in [0.717, 1.165) is 11.8 Å². The predicted molar refractivity (Wildman–Crippen MR) is 107 cm³/mol. The van der Waals surface area contributed by atoms with Crippen LogP contribution in [0.2, 0.25) is 0 Å². The largest absolute Gasteiger partial charge is 0.452 e. The number of amides is 1. The van der Waals surface area contributed by atoms with Crippen molar-refractivity contribution in [3.8, 4) is 0 Å². The molecular weight excluding hydrogens is 399 g/mol. The van der Waals surface area contributed by atoms with Crippen LogP contribution in [0.15, 0.2) is 36.4 Å². The molecular formula is C20H21FN2O5S. The summed E-state index contributed by atoms with van der Waals surface area (Å²) in [6, 6.07) is 8.90. The highest BCUT2D eigenvalue weighted by Crippen LogP contribution is 2.30. The van der Waals surface area contributed by atoms with Gasteiger partial charge in [-0.05, 0) is 61.2 Å². The maximum atomic E-state index is 13.5. The first-order valence-electron chi connectivity index (χ1n) is 8.99. The summed E-state index contributed by atoms with van der Waals surface area (Å²) in [5.74, 6) is -1.74. The zero-order valence-electron chi connectivity index (χ0n) is 16.1. The first-order chi connectivity index (χ1) is 13.6. The lowest BCUT2D eigenvalue weighted by atomic mass is 10.0. The standard InChI is InChI=1S/C20H21FN2O5S/c1-13-5-7-16(11-17(13)21)22-19(24)12-28-20(25)15-6-8-18-14(10-15)4-3-9-23(18)29(2,26)27/h5-8,10-11H,3-4,9,12H2,1-2H3,(H,22,24). The summed E-state index contributed by atoms with van der Waals surface area (Å²) in [5.41, 5.74) is 2.23. The van der Waals surface area contributed by atoms with E-state index in [1.54, 1.807) is 25.1 Å². The fourth-order valence-corrected chi connectivity index (χ4v) is 4.11. The summed E-state index contributed by atoms with van der Waals surface area (Å²) >= 11 is 0. The lowest BCUT2D eigenvalue weighted by molar-refractivity contribution is -0.119. The van der Waals surface area contributed by atoms with E-state index in [-0.39, 0.29) is 11.3 Å². The van der Waals surface area contributed by atoms with Gasteiger partial charge in [0.15, 0.2) is 6.61 Å². The minimum atomic E-state index is -3.39. The molecule has 0 saturated carbocycles. The zero-order chi connectivity index (χ0) is 21.2. The molecule has 0 unspecified atom stereocenters. The molecule has 29 heavy (non-hydrogen) atoms. The molecule has 0 radical (unpaired) electrons. The number of anilines is 2. The Balaban J connectivity index is 1.64. The summed E-state index contributed by atoms with van der Waals surface area (Å²) in [6.45, 7) is 1.48. The van der Waals surface area contributed by atoms with Crippen LogP contribution in [0.3, 0.4) is 0 Å². The number of hydrogen-bond acceptors (Lipinski definition) is 5. The minimum absolute atomic E-state index is 0.230. The van der Waals surface area contributed by atoms with Crippen LogP contribution in [-0.4, -0.2) is 39.7 Å². The van der Waals surface area contributed by atoms with Gasteiger partial charge in [-0.15, -0.1) is 0 Å². The van der Waals surface area contributed by atoms with Gasteiger partial charge in [-0.2, -0.15) is 0 Å². The van der Waals surface area contributed by atoms with Crippen LogP contribution < -0.4 is 9.62 Å². The number of fused-ring (bicyclic) bond motifs is 1. The van der Waals surface area contributed by atoms with Gasteiger partial charge in [-0.25, -0.2) is 17.6 Å². The van der Waals surface area contributed by atoms with Crippen molar-refractivity contribution >= 4 is 33.3 Å². The summed E-state index contributed by atoms with van der Waals surface area (Å²) in [7, 11) is -3.39. The summed E-state index contributed by atoms with van der Waals surface area (Å²) < 4.78 is 43.7. The third-order valence-electron chi connectivity index (χ3n) is 4.58. The number of carbonyl (C=O) groups is 2. The highest BCUT2D eigenvalue weighted by atomic mass is 32.2. The highest BCUT2D eigenvalue weighted by molar-refractivity contribution is 7.92. The van der Waals surface area contributed by atoms with E-state index in [1.807, 2.05) is 0 Å². The first-order valence-corrected chi connectivity index (χ1v) is 10.8. The van der Waals surface area contributed by atoms with Gasteiger partial charge in [0.25, 0.3) is 5.91 Å². The number of halogens is 1. The zero-order valence-corrected chi connectivity index (χ0v) is 16.9. The molecule has 1 N–H and O–H groups in total. The second-order valence-corrected chi connectivity index (χ2v) is 8.78. The van der Waals surface area contributed by atoms with E-state index in [2.05, 4.69) is 5.32 Å². The molecule has 0 fully saturated rings. The second-order valence-electron chi connectivity index (χ2n) is 6.87. The van der Waals surface area contributed by atoms with Crippen molar-refractivity contribution in [1.29, 1.82) is 0 Å². The Bertz CT molecular complexity index is 1070. The van der Waals surface area contributed by atoms with Crippen molar-refractivity contribution in [2.24, 2.45) is 0 Å². The molecule has 7 nitrogen and oxygen atoms in total. The Labute approximate surface area is 168 Å². The molecule has 154 valence electrons. The predicted octanol–water partition coefficient (Wildman–Crippen LogP) is 2.64. The summed E-state index contributed by atoms with van der Waals surface area (Å²) in [4.78, 5) is 24.2. The van der Waals surface area contributed by atoms with Gasteiger partial charge in [-0.1, -0.05) is 6.07 Å². The molecule has 0 aromatic heterocycles. The Kier molecular flexibility index (Phi) is 5.88. The van der Waals surface area contributed by atoms with E-state index >= 15 is 0 Å². The van der Waals surface area contributed by atoms with Gasteiger partial charge in [0.05, 0.1) is 17.5 Å². The maximum Gasteiger partial charge on any atom is 0.338 e. The number of hydrogen-bond donors (Lipinski definition) is 1. The fourth-order valence-electron chi connectivity index (χ4n) is 3.12. The first kappa shape index (κ1) is 20.8. The van der Waals surface area contributed by atoms with E-state index in [0.29, 0.717) is 30.6 Å². The fraction of sp³-hybridized carbons (Fsp3) is 0.300. The molecule has 2 aromatic rings. The quantitative estimate of drug-likeness (QED) is 0.751. The Morgan fingerprint density at radius 3 is 2.66 bits per heavy atom. The summed E-state index contributed by atoms with van der Waals surface area (Å²) in [5, 5.41) is 2.46. The molecule has 0 saturated heterocycles. The number of carbonyl (C=O) groups excluding carboxylic acids is 2. The molecule has 1 amide bonds. The molecule has 0 bridgehead atoms. The normalized spacial score (nSPS) is 13.6. The smallest absolute Gasteiger partial charge is 0.338 e. The number of ether oxygens (including phenoxy) is 1. The molecule has 9 heteroatoms. The van der Waals surface area contributed by atoms with Crippen LogP contribution in [0.4, 0.5) is 15.8 Å². The van der Waals surface area contributed by atoms with Crippen molar-refractivity contribution in [2.45, 2.75) is 19.8 Å². The van der Waals surface area contributed by atoms with Crippen LogP contribution >= 0.6 is 0 Å². The van der Waals surface area contributed by atoms with Crippen molar-refractivity contribution in [3.05, 3.63) is 58.9 Å². The molecule has 1 heterocycles. The molecule has 1 aliphatic heterocycles. The Hall–Kier alpha value is -2.94. The van der Waals surface area contributed by atoms with Gasteiger partial charge >= 0.3 is 5.97 Å². The number of esters is 1. The van der Waals surface area contributed by atoms with Gasteiger partial charge in [0, 0.05) is 12.2 Å². The SMILES string of the molecule is Cc1ccc(NC(=O)COC(=O)c2ccc3c(c2)CCCN3S(C)(=O)=O)cc1F. The van der Waals surface area contributed by atoms with Crippen LogP contribution in [0, 0.1) is 12.7 Å². The van der Waals surface area contributed by atoms with Crippen molar-refractivity contribution in [3.63, 3.8) is 0 Å². The average Bonchev–Trinajstić information content (AvgIpc) is 2.67. The Morgan fingerprint density at radius 1 is 1.21 bits per heavy atom. The number of sulfonamides is 1. The van der Waals surface area contributed by atoms with Gasteiger partial charge in [0.1, 0.15) is 5.82 Å². The molecule has 0 aliphatic carbocycles. The second kappa shape index (κ2) is 8.20. The third kappa shape index (κ3) is 4.92. The molecule has 0 atom stereocenters. The maximum absolute atomic E-state index is 13.5. The molecule has 0 spiro atoms. The third-order valence-corrected chi connectivity index (χ3v) is 5.76. The number of aryl methyl sites for hydroxylation is 2. The highest BCUT2D eigenvalue weighted by Gasteiger charge is 2.25. The topological polar surface area (TPSA) is 92.8 Å². The summed E-state index contributed by atoms with van der Waals surface area (Å²) in [6.07, 6.45) is 2.43. The van der Waals surface area contributed by atoms with Gasteiger partial charge in [-0.3, -0.25) is 9.10 Å².